The highest BCUT2D eigenvalue weighted by Gasteiger charge is 2.01. The predicted octanol–water partition coefficient (Wildman–Crippen LogP) is 3.72. The third kappa shape index (κ3) is 1.25. The fraction of sp³-hybridized carbons (Fsp3) is 0.111. The predicted molar refractivity (Wildman–Crippen MR) is 55.9 cm³/mol. The molecule has 0 aliphatic heterocycles. The number of H-pyrrole nitrogens is 1. The van der Waals surface area contributed by atoms with Crippen molar-refractivity contribution in [3.63, 3.8) is 0 Å². The van der Waals surface area contributed by atoms with Gasteiger partial charge < -0.3 is 4.98 Å². The number of alkyl halides is 1. The van der Waals surface area contributed by atoms with E-state index in [4.69, 9.17) is 11.6 Å². The van der Waals surface area contributed by atoms with E-state index >= 15 is 0 Å². The van der Waals surface area contributed by atoms with Crippen LogP contribution in [0.4, 0.5) is 0 Å². The molecule has 2 aromatic rings. The molecule has 0 aliphatic carbocycles. The molecule has 0 saturated heterocycles. The lowest BCUT2D eigenvalue weighted by atomic mass is 10.2. The Kier molecular flexibility index (Phi) is 2.11. The number of aromatic nitrogens is 1. The van der Waals surface area contributed by atoms with E-state index in [1.165, 1.54) is 5.56 Å². The fourth-order valence-corrected chi connectivity index (χ4v) is 1.89. The number of aromatic amines is 1. The summed E-state index contributed by atoms with van der Waals surface area (Å²) in [6.45, 7) is 0. The van der Waals surface area contributed by atoms with Crippen LogP contribution in [0.15, 0.2) is 24.4 Å². The number of halogens is 2. The topological polar surface area (TPSA) is 15.8 Å². The second-order valence-corrected chi connectivity index (χ2v) is 3.62. The summed E-state index contributed by atoms with van der Waals surface area (Å²) < 4.78 is 0. The van der Waals surface area contributed by atoms with Crippen molar-refractivity contribution in [2.24, 2.45) is 0 Å². The van der Waals surface area contributed by atoms with Crippen LogP contribution in [-0.2, 0) is 5.33 Å². The Morgan fingerprint density at radius 1 is 1.42 bits per heavy atom. The maximum absolute atomic E-state index is 6.03. The number of hydrogen-bond acceptors (Lipinski definition) is 0. The van der Waals surface area contributed by atoms with Crippen molar-refractivity contribution >= 4 is 38.4 Å². The minimum Gasteiger partial charge on any atom is -0.360 e. The van der Waals surface area contributed by atoms with Crippen molar-refractivity contribution in [2.75, 3.05) is 0 Å². The average molecular weight is 245 g/mol. The number of fused-ring (bicyclic) bond motifs is 1. The van der Waals surface area contributed by atoms with E-state index in [1.807, 2.05) is 18.3 Å². The number of hydrogen-bond donors (Lipinski definition) is 1. The van der Waals surface area contributed by atoms with Gasteiger partial charge in [0.15, 0.2) is 0 Å². The molecule has 0 aliphatic rings. The van der Waals surface area contributed by atoms with Gasteiger partial charge in [0, 0.05) is 16.9 Å². The zero-order valence-corrected chi connectivity index (χ0v) is 8.61. The monoisotopic (exact) mass is 243 g/mol. The molecule has 0 bridgehead atoms. The Morgan fingerprint density at radius 3 is 3.00 bits per heavy atom. The van der Waals surface area contributed by atoms with Crippen LogP contribution in [0.25, 0.3) is 10.9 Å². The van der Waals surface area contributed by atoms with E-state index < -0.39 is 0 Å². The summed E-state index contributed by atoms with van der Waals surface area (Å²) in [6.07, 6.45) is 1.90. The first-order valence-corrected chi connectivity index (χ1v) is 5.12. The average Bonchev–Trinajstić information content (AvgIpc) is 2.52. The molecule has 0 unspecified atom stereocenters. The molecule has 0 saturated carbocycles. The van der Waals surface area contributed by atoms with Crippen molar-refractivity contribution in [3.8, 4) is 0 Å². The summed E-state index contributed by atoms with van der Waals surface area (Å²) in [6, 6.07) is 6.11. The van der Waals surface area contributed by atoms with Crippen LogP contribution < -0.4 is 0 Å². The number of rotatable bonds is 1. The van der Waals surface area contributed by atoms with Gasteiger partial charge in [-0.3, -0.25) is 0 Å². The molecule has 0 radical (unpaired) electrons. The molecule has 0 spiro atoms. The molecule has 1 aromatic heterocycles. The molecule has 62 valence electrons. The van der Waals surface area contributed by atoms with Gasteiger partial charge in [-0.1, -0.05) is 27.5 Å². The van der Waals surface area contributed by atoms with Crippen LogP contribution >= 0.6 is 27.5 Å². The first-order chi connectivity index (χ1) is 5.81. The molecule has 0 amide bonds. The van der Waals surface area contributed by atoms with E-state index in [1.54, 1.807) is 0 Å². The maximum atomic E-state index is 6.03. The van der Waals surface area contributed by atoms with Gasteiger partial charge in [-0.15, -0.1) is 0 Å². The Hall–Kier alpha value is -0.470. The van der Waals surface area contributed by atoms with Gasteiger partial charge in [-0.05, 0) is 23.8 Å². The summed E-state index contributed by atoms with van der Waals surface area (Å²) in [7, 11) is 0. The van der Waals surface area contributed by atoms with E-state index in [9.17, 15) is 0 Å². The van der Waals surface area contributed by atoms with E-state index in [0.29, 0.717) is 0 Å². The lowest BCUT2D eigenvalue weighted by molar-refractivity contribution is 1.44. The van der Waals surface area contributed by atoms with E-state index in [0.717, 1.165) is 21.3 Å². The van der Waals surface area contributed by atoms with Crippen LogP contribution in [0, 0.1) is 0 Å². The lowest BCUT2D eigenvalue weighted by Crippen LogP contribution is -1.78. The molecular weight excluding hydrogens is 237 g/mol. The SMILES string of the molecule is Clc1cc(CBr)cc2cc[nH]c12. The van der Waals surface area contributed by atoms with Crippen LogP contribution in [0.1, 0.15) is 5.56 Å². The number of benzene rings is 1. The highest BCUT2D eigenvalue weighted by Crippen LogP contribution is 2.24. The first kappa shape index (κ1) is 8.14. The van der Waals surface area contributed by atoms with Crippen molar-refractivity contribution in [3.05, 3.63) is 35.0 Å². The van der Waals surface area contributed by atoms with Gasteiger partial charge in [-0.2, -0.15) is 0 Å². The minimum atomic E-state index is 0.784. The summed E-state index contributed by atoms with van der Waals surface area (Å²) in [5.41, 5.74) is 2.22. The van der Waals surface area contributed by atoms with Gasteiger partial charge in [0.2, 0.25) is 0 Å². The largest absolute Gasteiger partial charge is 0.360 e. The second kappa shape index (κ2) is 3.11. The van der Waals surface area contributed by atoms with Gasteiger partial charge in [0.1, 0.15) is 0 Å². The van der Waals surface area contributed by atoms with Crippen LogP contribution in [0.3, 0.4) is 0 Å². The molecule has 0 fully saturated rings. The Bertz CT molecular complexity index is 408. The van der Waals surface area contributed by atoms with Crippen molar-refractivity contribution in [1.29, 1.82) is 0 Å². The van der Waals surface area contributed by atoms with Crippen LogP contribution in [0.5, 0.6) is 0 Å². The van der Waals surface area contributed by atoms with Crippen molar-refractivity contribution in [2.45, 2.75) is 5.33 Å². The van der Waals surface area contributed by atoms with Crippen molar-refractivity contribution in [1.82, 2.24) is 4.98 Å². The molecule has 0 atom stereocenters. The molecule has 12 heavy (non-hydrogen) atoms. The Labute approximate surface area is 83.9 Å². The van der Waals surface area contributed by atoms with Crippen LogP contribution in [-0.4, -0.2) is 4.98 Å². The van der Waals surface area contributed by atoms with Gasteiger partial charge in [-0.25, -0.2) is 0 Å². The molecule has 2 rings (SSSR count). The molecule has 1 heterocycles. The molecule has 1 N–H and O–H groups in total. The second-order valence-electron chi connectivity index (χ2n) is 2.65. The third-order valence-electron chi connectivity index (χ3n) is 1.83. The Morgan fingerprint density at radius 2 is 2.25 bits per heavy atom. The summed E-state index contributed by atoms with van der Waals surface area (Å²) in [5, 5.41) is 2.79. The van der Waals surface area contributed by atoms with Gasteiger partial charge in [0.05, 0.1) is 10.5 Å². The quantitative estimate of drug-likeness (QED) is 0.736. The normalized spacial score (nSPS) is 10.8. The highest BCUT2D eigenvalue weighted by atomic mass is 79.9. The Balaban J connectivity index is 2.75. The third-order valence-corrected chi connectivity index (χ3v) is 2.77. The molecule has 1 nitrogen and oxygen atoms in total. The number of nitrogens with one attached hydrogen (secondary N) is 1. The first-order valence-electron chi connectivity index (χ1n) is 3.63. The van der Waals surface area contributed by atoms with E-state index in [2.05, 4.69) is 27.0 Å². The zero-order valence-electron chi connectivity index (χ0n) is 6.27. The molecule has 1 aromatic carbocycles. The highest BCUT2D eigenvalue weighted by molar-refractivity contribution is 9.08. The molecular formula is C9H7BrClN. The minimum absolute atomic E-state index is 0.784. The van der Waals surface area contributed by atoms with Gasteiger partial charge >= 0.3 is 0 Å². The van der Waals surface area contributed by atoms with Crippen molar-refractivity contribution < 1.29 is 0 Å². The van der Waals surface area contributed by atoms with Crippen LogP contribution in [0.2, 0.25) is 5.02 Å². The summed E-state index contributed by atoms with van der Waals surface area (Å²) >= 11 is 9.43. The smallest absolute Gasteiger partial charge is 0.0650 e. The fourth-order valence-electron chi connectivity index (χ4n) is 1.26. The lowest BCUT2D eigenvalue weighted by Gasteiger charge is -1.98. The zero-order chi connectivity index (χ0) is 8.55. The standard InChI is InChI=1S/C9H7BrClN/c10-5-6-3-7-1-2-12-9(7)8(11)4-6/h1-4,12H,5H2. The maximum Gasteiger partial charge on any atom is 0.0650 e. The summed E-state index contributed by atoms with van der Waals surface area (Å²) in [5.74, 6) is 0. The van der Waals surface area contributed by atoms with E-state index in [-0.39, 0.29) is 0 Å². The molecule has 3 heteroatoms. The summed E-state index contributed by atoms with van der Waals surface area (Å²) in [4.78, 5) is 3.09. The van der Waals surface area contributed by atoms with Gasteiger partial charge in [0.25, 0.3) is 0 Å².